The van der Waals surface area contributed by atoms with Crippen LogP contribution in [0.15, 0.2) is 34.4 Å². The third-order valence-electron chi connectivity index (χ3n) is 1.87. The van der Waals surface area contributed by atoms with Gasteiger partial charge in [0.2, 0.25) is 11.0 Å². The molecule has 1 atom stereocenters. The number of aliphatic hydroxyl groups excluding tert-OH is 1. The van der Waals surface area contributed by atoms with Crippen molar-refractivity contribution in [1.82, 2.24) is 9.55 Å². The Labute approximate surface area is 95.8 Å². The zero-order valence-corrected chi connectivity index (χ0v) is 8.83. The molecule has 1 aliphatic heterocycles. The lowest BCUT2D eigenvalue weighted by molar-refractivity contribution is 0.467. The summed E-state index contributed by atoms with van der Waals surface area (Å²) in [5.41, 5.74) is 11.2. The molecule has 0 aliphatic carbocycles. The summed E-state index contributed by atoms with van der Waals surface area (Å²) in [6, 6.07) is 0. The Morgan fingerprint density at radius 1 is 1.56 bits per heavy atom. The van der Waals surface area contributed by atoms with Gasteiger partial charge in [-0.25, -0.2) is 15.0 Å². The van der Waals surface area contributed by atoms with Crippen LogP contribution >= 0.6 is 11.6 Å². The molecule has 1 unspecified atom stereocenters. The van der Waals surface area contributed by atoms with Crippen LogP contribution in [0.5, 0.6) is 0 Å². The summed E-state index contributed by atoms with van der Waals surface area (Å²) in [5.74, 6) is -0.228. The molecule has 0 aromatic carbocycles. The van der Waals surface area contributed by atoms with Crippen molar-refractivity contribution in [2.45, 2.75) is 5.12 Å². The monoisotopic (exact) mass is 240 g/mol. The molecule has 0 fully saturated rings. The smallest absolute Gasteiger partial charge is 0.226 e. The van der Waals surface area contributed by atoms with Crippen molar-refractivity contribution in [2.75, 3.05) is 0 Å². The van der Waals surface area contributed by atoms with Crippen LogP contribution in [0.2, 0.25) is 0 Å². The molecule has 7 nitrogen and oxygen atoms in total. The Morgan fingerprint density at radius 2 is 2.31 bits per heavy atom. The first-order chi connectivity index (χ1) is 7.49. The fraction of sp³-hybridized carbons (Fsp3) is 0.125. The third-order valence-corrected chi connectivity index (χ3v) is 2.05. The maximum atomic E-state index is 9.82. The van der Waals surface area contributed by atoms with Crippen LogP contribution in [0.25, 0.3) is 5.88 Å². The SMILES string of the molecule is NC1=NC(N)(Cl)C=NC1=C(O)n1ccnc1. The average Bonchev–Trinajstić information content (AvgIpc) is 2.68. The first-order valence-corrected chi connectivity index (χ1v) is 4.68. The molecule has 0 amide bonds. The van der Waals surface area contributed by atoms with Crippen molar-refractivity contribution in [2.24, 2.45) is 21.5 Å². The van der Waals surface area contributed by atoms with Gasteiger partial charge in [-0.15, -0.1) is 0 Å². The van der Waals surface area contributed by atoms with Crippen molar-refractivity contribution >= 4 is 29.5 Å². The predicted molar refractivity (Wildman–Crippen MR) is 61.0 cm³/mol. The highest BCUT2D eigenvalue weighted by atomic mass is 35.5. The summed E-state index contributed by atoms with van der Waals surface area (Å²) in [4.78, 5) is 11.4. The van der Waals surface area contributed by atoms with Crippen LogP contribution in [-0.4, -0.2) is 31.8 Å². The van der Waals surface area contributed by atoms with Crippen LogP contribution < -0.4 is 11.5 Å². The molecular formula is C8H9ClN6O. The van der Waals surface area contributed by atoms with E-state index in [9.17, 15) is 5.11 Å². The summed E-state index contributed by atoms with van der Waals surface area (Å²) in [6.07, 6.45) is 5.63. The second-order valence-electron chi connectivity index (χ2n) is 3.13. The number of halogens is 1. The maximum Gasteiger partial charge on any atom is 0.226 e. The van der Waals surface area contributed by atoms with E-state index in [1.165, 1.54) is 29.5 Å². The summed E-state index contributed by atoms with van der Waals surface area (Å²) in [6.45, 7) is 0. The van der Waals surface area contributed by atoms with Gasteiger partial charge in [0, 0.05) is 12.4 Å². The topological polar surface area (TPSA) is 115 Å². The van der Waals surface area contributed by atoms with Crippen molar-refractivity contribution in [3.63, 3.8) is 0 Å². The normalized spacial score (nSPS) is 27.8. The minimum atomic E-state index is -1.46. The van der Waals surface area contributed by atoms with E-state index in [4.69, 9.17) is 23.1 Å². The van der Waals surface area contributed by atoms with Gasteiger partial charge in [-0.2, -0.15) is 0 Å². The highest BCUT2D eigenvalue weighted by molar-refractivity contribution is 6.33. The lowest BCUT2D eigenvalue weighted by atomic mass is 10.3. The zero-order chi connectivity index (χ0) is 11.8. The van der Waals surface area contributed by atoms with E-state index in [2.05, 4.69) is 15.0 Å². The van der Waals surface area contributed by atoms with Gasteiger partial charge in [0.25, 0.3) is 0 Å². The molecule has 5 N–H and O–H groups in total. The number of aromatic nitrogens is 2. The second-order valence-corrected chi connectivity index (χ2v) is 3.73. The van der Waals surface area contributed by atoms with Crippen molar-refractivity contribution in [3.8, 4) is 0 Å². The Bertz CT molecular complexity index is 487. The molecule has 16 heavy (non-hydrogen) atoms. The number of alkyl halides is 1. The molecule has 84 valence electrons. The molecule has 8 heteroatoms. The highest BCUT2D eigenvalue weighted by Crippen LogP contribution is 2.18. The number of imidazole rings is 1. The molecule has 0 spiro atoms. The van der Waals surface area contributed by atoms with Crippen LogP contribution in [0.1, 0.15) is 0 Å². The van der Waals surface area contributed by atoms with Crippen molar-refractivity contribution in [1.29, 1.82) is 0 Å². The van der Waals surface area contributed by atoms with Gasteiger partial charge in [-0.05, 0) is 0 Å². The number of aliphatic hydroxyl groups is 1. The fourth-order valence-electron chi connectivity index (χ4n) is 1.17. The van der Waals surface area contributed by atoms with Gasteiger partial charge in [-0.1, -0.05) is 11.6 Å². The summed E-state index contributed by atoms with van der Waals surface area (Å²) >= 11 is 5.70. The van der Waals surface area contributed by atoms with Gasteiger partial charge in [0.15, 0.2) is 11.5 Å². The first-order valence-electron chi connectivity index (χ1n) is 4.30. The zero-order valence-electron chi connectivity index (χ0n) is 8.08. The van der Waals surface area contributed by atoms with E-state index < -0.39 is 5.12 Å². The van der Waals surface area contributed by atoms with E-state index in [0.717, 1.165) is 0 Å². The number of hydrogen-bond donors (Lipinski definition) is 3. The van der Waals surface area contributed by atoms with Crippen LogP contribution in [-0.2, 0) is 0 Å². The van der Waals surface area contributed by atoms with Crippen molar-refractivity contribution in [3.05, 3.63) is 24.4 Å². The number of rotatable bonds is 1. The lowest BCUT2D eigenvalue weighted by Gasteiger charge is -2.18. The second kappa shape index (κ2) is 3.62. The number of aliphatic imine (C=N–C) groups is 2. The minimum absolute atomic E-state index is 0.0359. The number of nitrogens with zero attached hydrogens (tertiary/aromatic N) is 4. The van der Waals surface area contributed by atoms with E-state index in [0.29, 0.717) is 0 Å². The molecule has 1 aromatic rings. The molecular weight excluding hydrogens is 232 g/mol. The predicted octanol–water partition coefficient (Wildman–Crippen LogP) is -0.140. The Kier molecular flexibility index (Phi) is 2.41. The molecule has 2 rings (SSSR count). The molecule has 0 saturated heterocycles. The number of amidine groups is 1. The molecule has 0 radical (unpaired) electrons. The Balaban J connectivity index is 2.44. The quantitative estimate of drug-likeness (QED) is 0.360. The van der Waals surface area contributed by atoms with Gasteiger partial charge >= 0.3 is 0 Å². The molecule has 0 bridgehead atoms. The first kappa shape index (κ1) is 10.7. The fourth-order valence-corrected chi connectivity index (χ4v) is 1.31. The summed E-state index contributed by atoms with van der Waals surface area (Å²) in [5, 5.41) is 8.36. The lowest BCUT2D eigenvalue weighted by Crippen LogP contribution is -2.39. The van der Waals surface area contributed by atoms with Crippen molar-refractivity contribution < 1.29 is 5.11 Å². The third kappa shape index (κ3) is 1.90. The van der Waals surface area contributed by atoms with Gasteiger partial charge in [-0.3, -0.25) is 10.3 Å². The minimum Gasteiger partial charge on any atom is -0.493 e. The van der Waals surface area contributed by atoms with Crippen LogP contribution in [0.4, 0.5) is 0 Å². The van der Waals surface area contributed by atoms with E-state index in [1.807, 2.05) is 0 Å². The maximum absolute atomic E-state index is 9.82. The van der Waals surface area contributed by atoms with Gasteiger partial charge in [0.1, 0.15) is 6.33 Å². The van der Waals surface area contributed by atoms with Gasteiger partial charge < -0.3 is 10.8 Å². The Morgan fingerprint density at radius 3 is 2.88 bits per heavy atom. The average molecular weight is 241 g/mol. The molecule has 1 aromatic heterocycles. The Hall–Kier alpha value is -1.86. The van der Waals surface area contributed by atoms with Crippen LogP contribution in [0, 0.1) is 0 Å². The summed E-state index contributed by atoms with van der Waals surface area (Å²) < 4.78 is 1.34. The number of hydrogen-bond acceptors (Lipinski definition) is 6. The van der Waals surface area contributed by atoms with Crippen LogP contribution in [0.3, 0.4) is 0 Å². The van der Waals surface area contributed by atoms with E-state index in [1.54, 1.807) is 0 Å². The number of nitrogens with two attached hydrogens (primary N) is 2. The van der Waals surface area contributed by atoms with E-state index in [-0.39, 0.29) is 17.4 Å². The molecule has 2 heterocycles. The molecule has 1 aliphatic rings. The van der Waals surface area contributed by atoms with E-state index >= 15 is 0 Å². The summed E-state index contributed by atoms with van der Waals surface area (Å²) in [7, 11) is 0. The standard InChI is InChI=1S/C8H9ClN6O/c9-8(11)3-13-5(6(10)14-8)7(16)15-2-1-12-4-15/h1-4,16H,11H2,(H2,10,14). The molecule has 0 saturated carbocycles. The largest absolute Gasteiger partial charge is 0.493 e. The highest BCUT2D eigenvalue weighted by Gasteiger charge is 2.25. The van der Waals surface area contributed by atoms with Gasteiger partial charge in [0.05, 0.1) is 6.21 Å².